The highest BCUT2D eigenvalue weighted by Crippen LogP contribution is 2.22. The molecule has 0 saturated carbocycles. The van der Waals surface area contributed by atoms with Crippen LogP contribution in [0, 0.1) is 5.92 Å². The van der Waals surface area contributed by atoms with E-state index in [1.807, 2.05) is 11.4 Å². The van der Waals surface area contributed by atoms with Crippen LogP contribution in [0.1, 0.15) is 18.2 Å². The SMILES string of the molecule is CC(CCc1cc(Br)cs1)C(=O)O. The average Bonchev–Trinajstić information content (AvgIpc) is 2.47. The molecule has 0 aromatic carbocycles. The first kappa shape index (κ1) is 10.7. The Hall–Kier alpha value is -0.350. The van der Waals surface area contributed by atoms with Gasteiger partial charge >= 0.3 is 5.97 Å². The summed E-state index contributed by atoms with van der Waals surface area (Å²) < 4.78 is 1.08. The van der Waals surface area contributed by atoms with E-state index in [0.29, 0.717) is 6.42 Å². The highest BCUT2D eigenvalue weighted by Gasteiger charge is 2.10. The number of carbonyl (C=O) groups is 1. The summed E-state index contributed by atoms with van der Waals surface area (Å²) in [6, 6.07) is 2.04. The zero-order valence-electron chi connectivity index (χ0n) is 7.29. The number of hydrogen-bond donors (Lipinski definition) is 1. The number of carboxylic acids is 1. The molecule has 2 nitrogen and oxygen atoms in total. The van der Waals surface area contributed by atoms with Crippen molar-refractivity contribution in [2.45, 2.75) is 19.8 Å². The zero-order chi connectivity index (χ0) is 9.84. The lowest BCUT2D eigenvalue weighted by Gasteiger charge is -2.03. The van der Waals surface area contributed by atoms with Gasteiger partial charge < -0.3 is 5.11 Å². The molecule has 0 fully saturated rings. The molecule has 0 radical (unpaired) electrons. The number of aryl methyl sites for hydroxylation is 1. The molecule has 1 atom stereocenters. The van der Waals surface area contributed by atoms with Crippen LogP contribution in [0.2, 0.25) is 0 Å². The summed E-state index contributed by atoms with van der Waals surface area (Å²) in [5, 5.41) is 10.7. The van der Waals surface area contributed by atoms with Crippen molar-refractivity contribution < 1.29 is 9.90 Å². The Kier molecular flexibility index (Phi) is 3.93. The quantitative estimate of drug-likeness (QED) is 0.905. The van der Waals surface area contributed by atoms with Crippen molar-refractivity contribution in [1.82, 2.24) is 0 Å². The molecule has 0 aliphatic heterocycles. The number of hydrogen-bond acceptors (Lipinski definition) is 2. The third-order valence-corrected chi connectivity index (χ3v) is 3.62. The predicted octanol–water partition coefficient (Wildman–Crippen LogP) is 3.16. The van der Waals surface area contributed by atoms with E-state index in [1.54, 1.807) is 18.3 Å². The smallest absolute Gasteiger partial charge is 0.306 e. The fourth-order valence-electron chi connectivity index (χ4n) is 0.967. The van der Waals surface area contributed by atoms with Crippen LogP contribution >= 0.6 is 27.3 Å². The number of thiophene rings is 1. The standard InChI is InChI=1S/C9H11BrO2S/c1-6(9(11)12)2-3-8-4-7(10)5-13-8/h4-6H,2-3H2,1H3,(H,11,12). The molecule has 0 saturated heterocycles. The maximum atomic E-state index is 10.5. The fraction of sp³-hybridized carbons (Fsp3) is 0.444. The monoisotopic (exact) mass is 262 g/mol. The normalized spacial score (nSPS) is 12.8. The number of carboxylic acid groups (broad SMARTS) is 1. The highest BCUT2D eigenvalue weighted by molar-refractivity contribution is 9.10. The summed E-state index contributed by atoms with van der Waals surface area (Å²) >= 11 is 5.03. The summed E-state index contributed by atoms with van der Waals surface area (Å²) in [5.41, 5.74) is 0. The van der Waals surface area contributed by atoms with E-state index < -0.39 is 5.97 Å². The van der Waals surface area contributed by atoms with Crippen LogP contribution < -0.4 is 0 Å². The van der Waals surface area contributed by atoms with E-state index >= 15 is 0 Å². The third kappa shape index (κ3) is 3.48. The molecule has 4 heteroatoms. The van der Waals surface area contributed by atoms with Crippen molar-refractivity contribution in [2.75, 3.05) is 0 Å². The summed E-state index contributed by atoms with van der Waals surface area (Å²) in [7, 11) is 0. The van der Waals surface area contributed by atoms with Crippen molar-refractivity contribution >= 4 is 33.2 Å². The maximum absolute atomic E-state index is 10.5. The van der Waals surface area contributed by atoms with E-state index in [-0.39, 0.29) is 5.92 Å². The van der Waals surface area contributed by atoms with Gasteiger partial charge in [-0.25, -0.2) is 0 Å². The third-order valence-electron chi connectivity index (χ3n) is 1.87. The van der Waals surface area contributed by atoms with Gasteiger partial charge in [0.1, 0.15) is 0 Å². The first-order valence-electron chi connectivity index (χ1n) is 4.05. The minimum Gasteiger partial charge on any atom is -0.481 e. The molecule has 0 aliphatic rings. The van der Waals surface area contributed by atoms with Gasteiger partial charge in [-0.2, -0.15) is 0 Å². The largest absolute Gasteiger partial charge is 0.481 e. The molecule has 1 unspecified atom stereocenters. The molecule has 1 N–H and O–H groups in total. The molecule has 1 heterocycles. The molecule has 72 valence electrons. The molecule has 1 rings (SSSR count). The van der Waals surface area contributed by atoms with Gasteiger partial charge in [-0.3, -0.25) is 4.79 Å². The molecule has 13 heavy (non-hydrogen) atoms. The Bertz CT molecular complexity index is 296. The Labute approximate surface area is 89.7 Å². The Morgan fingerprint density at radius 3 is 2.92 bits per heavy atom. The molecule has 0 aliphatic carbocycles. The predicted molar refractivity (Wildman–Crippen MR) is 57.1 cm³/mol. The summed E-state index contributed by atoms with van der Waals surface area (Å²) in [6.07, 6.45) is 1.56. The van der Waals surface area contributed by atoms with E-state index in [4.69, 9.17) is 5.11 Å². The lowest BCUT2D eigenvalue weighted by molar-refractivity contribution is -0.141. The Morgan fingerprint density at radius 2 is 2.46 bits per heavy atom. The summed E-state index contributed by atoms with van der Waals surface area (Å²) in [4.78, 5) is 11.8. The van der Waals surface area contributed by atoms with Crippen LogP contribution in [0.4, 0.5) is 0 Å². The van der Waals surface area contributed by atoms with E-state index in [2.05, 4.69) is 15.9 Å². The Balaban J connectivity index is 2.39. The van der Waals surface area contributed by atoms with Crippen LogP contribution in [0.5, 0.6) is 0 Å². The fourth-order valence-corrected chi connectivity index (χ4v) is 2.44. The van der Waals surface area contributed by atoms with Crippen LogP contribution in [-0.2, 0) is 11.2 Å². The van der Waals surface area contributed by atoms with Crippen LogP contribution in [0.25, 0.3) is 0 Å². The van der Waals surface area contributed by atoms with E-state index in [0.717, 1.165) is 10.9 Å². The van der Waals surface area contributed by atoms with Crippen molar-refractivity contribution in [3.05, 3.63) is 20.8 Å². The lowest BCUT2D eigenvalue weighted by Crippen LogP contribution is -2.09. The molecular formula is C9H11BrO2S. The lowest BCUT2D eigenvalue weighted by atomic mass is 10.1. The van der Waals surface area contributed by atoms with E-state index in [1.165, 1.54) is 4.88 Å². The first-order chi connectivity index (χ1) is 6.09. The molecule has 1 aromatic rings. The van der Waals surface area contributed by atoms with Crippen LogP contribution in [0.15, 0.2) is 15.9 Å². The van der Waals surface area contributed by atoms with Gasteiger partial charge in [-0.05, 0) is 34.8 Å². The van der Waals surface area contributed by atoms with Gasteiger partial charge in [-0.15, -0.1) is 11.3 Å². The number of rotatable bonds is 4. The van der Waals surface area contributed by atoms with Gasteiger partial charge in [0.2, 0.25) is 0 Å². The molecule has 0 bridgehead atoms. The number of halogens is 1. The molecule has 0 amide bonds. The van der Waals surface area contributed by atoms with Gasteiger partial charge in [-0.1, -0.05) is 6.92 Å². The average molecular weight is 263 g/mol. The second-order valence-electron chi connectivity index (χ2n) is 3.01. The van der Waals surface area contributed by atoms with Gasteiger partial charge in [0.25, 0.3) is 0 Å². The van der Waals surface area contributed by atoms with Gasteiger partial charge in [0, 0.05) is 14.7 Å². The molecule has 0 spiro atoms. The van der Waals surface area contributed by atoms with Crippen LogP contribution in [0.3, 0.4) is 0 Å². The van der Waals surface area contributed by atoms with E-state index in [9.17, 15) is 4.79 Å². The zero-order valence-corrected chi connectivity index (χ0v) is 9.69. The summed E-state index contributed by atoms with van der Waals surface area (Å²) in [6.45, 7) is 1.74. The van der Waals surface area contributed by atoms with Crippen molar-refractivity contribution in [2.24, 2.45) is 5.92 Å². The van der Waals surface area contributed by atoms with Crippen molar-refractivity contribution in [3.8, 4) is 0 Å². The minimum absolute atomic E-state index is 0.249. The Morgan fingerprint density at radius 1 is 1.77 bits per heavy atom. The van der Waals surface area contributed by atoms with Crippen molar-refractivity contribution in [1.29, 1.82) is 0 Å². The first-order valence-corrected chi connectivity index (χ1v) is 5.72. The number of aliphatic carboxylic acids is 1. The topological polar surface area (TPSA) is 37.3 Å². The van der Waals surface area contributed by atoms with Crippen molar-refractivity contribution in [3.63, 3.8) is 0 Å². The summed E-state index contributed by atoms with van der Waals surface area (Å²) in [5.74, 6) is -0.962. The van der Waals surface area contributed by atoms with Gasteiger partial charge in [0.05, 0.1) is 5.92 Å². The maximum Gasteiger partial charge on any atom is 0.306 e. The van der Waals surface area contributed by atoms with Gasteiger partial charge in [0.15, 0.2) is 0 Å². The second kappa shape index (κ2) is 4.77. The highest BCUT2D eigenvalue weighted by atomic mass is 79.9. The molecule has 1 aromatic heterocycles. The molecular weight excluding hydrogens is 252 g/mol. The second-order valence-corrected chi connectivity index (χ2v) is 4.92. The van der Waals surface area contributed by atoms with Crippen LogP contribution in [-0.4, -0.2) is 11.1 Å². The minimum atomic E-state index is -0.712.